The van der Waals surface area contributed by atoms with Gasteiger partial charge in [-0.3, -0.25) is 4.79 Å². The van der Waals surface area contributed by atoms with Crippen LogP contribution in [0.2, 0.25) is 0 Å². The zero-order valence-corrected chi connectivity index (χ0v) is 11.9. The Morgan fingerprint density at radius 1 is 1.15 bits per heavy atom. The van der Waals surface area contributed by atoms with E-state index in [1.807, 2.05) is 32.0 Å². The van der Waals surface area contributed by atoms with Crippen molar-refractivity contribution >= 4 is 5.78 Å². The molecule has 0 unspecified atom stereocenters. The maximum Gasteiger partial charge on any atom is 0.167 e. The molecule has 0 heterocycles. The van der Waals surface area contributed by atoms with Crippen molar-refractivity contribution in [1.29, 1.82) is 0 Å². The van der Waals surface area contributed by atoms with Crippen molar-refractivity contribution in [2.75, 3.05) is 7.11 Å². The fourth-order valence-electron chi connectivity index (χ4n) is 2.23. The predicted molar refractivity (Wildman–Crippen MR) is 76.9 cm³/mol. The molecule has 0 aromatic heterocycles. The highest BCUT2D eigenvalue weighted by molar-refractivity contribution is 5.98. The van der Waals surface area contributed by atoms with Crippen LogP contribution in [-0.4, -0.2) is 12.9 Å². The van der Waals surface area contributed by atoms with Gasteiger partial charge in [0.05, 0.1) is 7.11 Å². The van der Waals surface area contributed by atoms with Crippen molar-refractivity contribution in [2.24, 2.45) is 0 Å². The Labute approximate surface area is 118 Å². The van der Waals surface area contributed by atoms with E-state index in [1.54, 1.807) is 12.1 Å². The first-order valence-electron chi connectivity index (χ1n) is 6.44. The van der Waals surface area contributed by atoms with Crippen LogP contribution in [-0.2, 0) is 6.42 Å². The van der Waals surface area contributed by atoms with Gasteiger partial charge in [0.2, 0.25) is 0 Å². The van der Waals surface area contributed by atoms with E-state index < -0.39 is 5.82 Å². The highest BCUT2D eigenvalue weighted by atomic mass is 19.1. The highest BCUT2D eigenvalue weighted by Gasteiger charge is 2.11. The number of hydrogen-bond acceptors (Lipinski definition) is 2. The van der Waals surface area contributed by atoms with Gasteiger partial charge in [0.25, 0.3) is 0 Å². The zero-order chi connectivity index (χ0) is 14.7. The second kappa shape index (κ2) is 5.87. The maximum atomic E-state index is 13.6. The fourth-order valence-corrected chi connectivity index (χ4v) is 2.23. The number of halogens is 1. The van der Waals surface area contributed by atoms with Crippen LogP contribution in [0.3, 0.4) is 0 Å². The van der Waals surface area contributed by atoms with E-state index in [9.17, 15) is 9.18 Å². The summed E-state index contributed by atoms with van der Waals surface area (Å²) in [4.78, 5) is 12.3. The number of ketones is 1. The zero-order valence-electron chi connectivity index (χ0n) is 11.9. The van der Waals surface area contributed by atoms with E-state index in [4.69, 9.17) is 4.74 Å². The molecule has 0 atom stereocenters. The van der Waals surface area contributed by atoms with Crippen molar-refractivity contribution in [3.05, 3.63) is 64.5 Å². The van der Waals surface area contributed by atoms with Gasteiger partial charge in [-0.2, -0.15) is 0 Å². The lowest BCUT2D eigenvalue weighted by molar-refractivity contribution is 0.0992. The first-order chi connectivity index (χ1) is 9.51. The van der Waals surface area contributed by atoms with Crippen molar-refractivity contribution in [3.8, 4) is 5.75 Å². The number of carbonyl (C=O) groups excluding carboxylic acids is 1. The summed E-state index contributed by atoms with van der Waals surface area (Å²) in [6, 6.07) is 10.3. The van der Waals surface area contributed by atoms with Crippen LogP contribution in [0.5, 0.6) is 5.75 Å². The van der Waals surface area contributed by atoms with Gasteiger partial charge in [-0.25, -0.2) is 4.39 Å². The van der Waals surface area contributed by atoms with Crippen LogP contribution in [0.15, 0.2) is 36.4 Å². The minimum Gasteiger partial charge on any atom is -0.494 e. The summed E-state index contributed by atoms with van der Waals surface area (Å²) in [7, 11) is 1.42. The Hall–Kier alpha value is -2.16. The molecule has 0 aliphatic carbocycles. The van der Waals surface area contributed by atoms with Gasteiger partial charge in [-0.05, 0) is 37.1 Å². The average molecular weight is 272 g/mol. The van der Waals surface area contributed by atoms with Crippen LogP contribution < -0.4 is 4.74 Å². The summed E-state index contributed by atoms with van der Waals surface area (Å²) in [6.07, 6.45) is 0.185. The van der Waals surface area contributed by atoms with Gasteiger partial charge >= 0.3 is 0 Å². The lowest BCUT2D eigenvalue weighted by Gasteiger charge is -2.07. The van der Waals surface area contributed by atoms with Crippen molar-refractivity contribution in [3.63, 3.8) is 0 Å². The highest BCUT2D eigenvalue weighted by Crippen LogP contribution is 2.20. The number of ether oxygens (including phenoxy) is 1. The summed E-state index contributed by atoms with van der Waals surface area (Å²) < 4.78 is 18.5. The van der Waals surface area contributed by atoms with E-state index >= 15 is 0 Å². The molecule has 20 heavy (non-hydrogen) atoms. The molecule has 0 radical (unpaired) electrons. The van der Waals surface area contributed by atoms with Crippen molar-refractivity contribution < 1.29 is 13.9 Å². The largest absolute Gasteiger partial charge is 0.494 e. The summed E-state index contributed by atoms with van der Waals surface area (Å²) in [5.74, 6) is -0.266. The third kappa shape index (κ3) is 3.05. The van der Waals surface area contributed by atoms with Gasteiger partial charge in [0, 0.05) is 12.0 Å². The Morgan fingerprint density at radius 2 is 1.90 bits per heavy atom. The maximum absolute atomic E-state index is 13.6. The molecule has 104 valence electrons. The van der Waals surface area contributed by atoms with E-state index in [-0.39, 0.29) is 18.0 Å². The van der Waals surface area contributed by atoms with Crippen molar-refractivity contribution in [2.45, 2.75) is 20.3 Å². The third-order valence-corrected chi connectivity index (χ3v) is 3.26. The quantitative estimate of drug-likeness (QED) is 0.790. The number of Topliss-reactive ketones (excluding diaryl/α,β-unsaturated/α-hetero) is 1. The lowest BCUT2D eigenvalue weighted by atomic mass is 9.98. The van der Waals surface area contributed by atoms with Crippen LogP contribution >= 0.6 is 0 Å². The molecule has 0 bridgehead atoms. The molecule has 0 saturated heterocycles. The Balaban J connectivity index is 2.21. The number of hydrogen-bond donors (Lipinski definition) is 0. The van der Waals surface area contributed by atoms with E-state index in [0.29, 0.717) is 11.1 Å². The first-order valence-corrected chi connectivity index (χ1v) is 6.44. The summed E-state index contributed by atoms with van der Waals surface area (Å²) >= 11 is 0. The van der Waals surface area contributed by atoms with Gasteiger partial charge in [0.15, 0.2) is 17.3 Å². The number of rotatable bonds is 4. The van der Waals surface area contributed by atoms with Gasteiger partial charge in [-0.15, -0.1) is 0 Å². The number of aryl methyl sites for hydroxylation is 2. The molecule has 0 aliphatic rings. The molecular formula is C17H17FO2. The molecule has 2 nitrogen and oxygen atoms in total. The topological polar surface area (TPSA) is 26.3 Å². The molecule has 0 saturated carbocycles. The Bertz CT molecular complexity index is 647. The van der Waals surface area contributed by atoms with Crippen LogP contribution in [0.25, 0.3) is 0 Å². The molecule has 0 aliphatic heterocycles. The lowest BCUT2D eigenvalue weighted by Crippen LogP contribution is -2.06. The third-order valence-electron chi connectivity index (χ3n) is 3.26. The predicted octanol–water partition coefficient (Wildman–Crippen LogP) is 3.88. The standard InChI is InChI=1S/C17H17FO2/c1-11-4-6-14(12(2)8-11)16(19)10-13-5-7-17(20-3)15(18)9-13/h4-9H,10H2,1-3H3. The summed E-state index contributed by atoms with van der Waals surface area (Å²) in [5, 5.41) is 0. The van der Waals surface area contributed by atoms with Crippen LogP contribution in [0.1, 0.15) is 27.0 Å². The molecule has 0 N–H and O–H groups in total. The average Bonchev–Trinajstić information content (AvgIpc) is 2.38. The van der Waals surface area contributed by atoms with E-state index in [2.05, 4.69) is 0 Å². The molecule has 3 heteroatoms. The molecule has 0 amide bonds. The minimum atomic E-state index is -0.446. The van der Waals surface area contributed by atoms with Gasteiger partial charge < -0.3 is 4.74 Å². The van der Waals surface area contributed by atoms with Gasteiger partial charge in [0.1, 0.15) is 0 Å². The van der Waals surface area contributed by atoms with Crippen LogP contribution in [0.4, 0.5) is 4.39 Å². The fraction of sp³-hybridized carbons (Fsp3) is 0.235. The molecule has 2 aromatic carbocycles. The normalized spacial score (nSPS) is 10.4. The Kier molecular flexibility index (Phi) is 4.18. The number of methoxy groups -OCH3 is 1. The smallest absolute Gasteiger partial charge is 0.167 e. The number of carbonyl (C=O) groups is 1. The Morgan fingerprint density at radius 3 is 2.50 bits per heavy atom. The summed E-state index contributed by atoms with van der Waals surface area (Å²) in [6.45, 7) is 3.90. The van der Waals surface area contributed by atoms with Gasteiger partial charge in [-0.1, -0.05) is 29.8 Å². The molecular weight excluding hydrogens is 255 g/mol. The monoisotopic (exact) mass is 272 g/mol. The summed E-state index contributed by atoms with van der Waals surface area (Å²) in [5.41, 5.74) is 3.40. The molecule has 2 aromatic rings. The number of benzene rings is 2. The van der Waals surface area contributed by atoms with Crippen LogP contribution in [0, 0.1) is 19.7 Å². The molecule has 0 spiro atoms. The minimum absolute atomic E-state index is 0.00735. The first kappa shape index (κ1) is 14.3. The van der Waals surface area contributed by atoms with E-state index in [0.717, 1.165) is 11.1 Å². The SMILES string of the molecule is COc1ccc(CC(=O)c2ccc(C)cc2C)cc1F. The van der Waals surface area contributed by atoms with E-state index in [1.165, 1.54) is 13.2 Å². The second-order valence-corrected chi connectivity index (χ2v) is 4.89. The van der Waals surface area contributed by atoms with Crippen molar-refractivity contribution in [1.82, 2.24) is 0 Å². The molecule has 2 rings (SSSR count). The second-order valence-electron chi connectivity index (χ2n) is 4.89. The molecule has 0 fully saturated rings.